The lowest BCUT2D eigenvalue weighted by atomic mass is 10.0. The van der Waals surface area contributed by atoms with Gasteiger partial charge in [0.15, 0.2) is 0 Å². The molecule has 186 valence electrons. The van der Waals surface area contributed by atoms with Crippen molar-refractivity contribution in [2.24, 2.45) is 0 Å². The van der Waals surface area contributed by atoms with Gasteiger partial charge in [-0.15, -0.1) is 0 Å². The van der Waals surface area contributed by atoms with Gasteiger partial charge >= 0.3 is 0 Å². The summed E-state index contributed by atoms with van der Waals surface area (Å²) in [4.78, 5) is 33.8. The second-order valence-electron chi connectivity index (χ2n) is 9.24. The number of hydrogen-bond donors (Lipinski definition) is 1. The van der Waals surface area contributed by atoms with E-state index in [9.17, 15) is 4.79 Å². The van der Waals surface area contributed by atoms with Crippen molar-refractivity contribution in [3.8, 4) is 22.4 Å². The van der Waals surface area contributed by atoms with E-state index in [2.05, 4.69) is 20.3 Å². The molecule has 0 aliphatic carbocycles. The van der Waals surface area contributed by atoms with Gasteiger partial charge in [-0.25, -0.2) is 9.97 Å². The fraction of sp³-hybridized carbons (Fsp3) is 0.346. The summed E-state index contributed by atoms with van der Waals surface area (Å²) < 4.78 is 7.15. The lowest BCUT2D eigenvalue weighted by molar-refractivity contribution is 0.195. The maximum absolute atomic E-state index is 13.8. The quantitative estimate of drug-likeness (QED) is 0.406. The first-order chi connectivity index (χ1) is 17.4. The van der Waals surface area contributed by atoms with E-state index in [-0.39, 0.29) is 11.6 Å². The number of aromatic nitrogens is 5. The van der Waals surface area contributed by atoms with Crippen LogP contribution < -0.4 is 10.9 Å². The molecule has 0 bridgehead atoms. The average molecular weight is 506 g/mol. The van der Waals surface area contributed by atoms with Crippen LogP contribution in [-0.4, -0.2) is 69.3 Å². The number of benzene rings is 1. The van der Waals surface area contributed by atoms with Crippen molar-refractivity contribution >= 4 is 28.6 Å². The average Bonchev–Trinajstić information content (AvgIpc) is 3.36. The molecule has 1 aromatic carbocycles. The zero-order valence-electron chi connectivity index (χ0n) is 20.5. The molecule has 0 radical (unpaired) electrons. The molecule has 0 amide bonds. The lowest BCUT2D eigenvalue weighted by Gasteiger charge is -2.17. The third-order valence-corrected chi connectivity index (χ3v) is 6.48. The van der Waals surface area contributed by atoms with Crippen molar-refractivity contribution in [3.05, 3.63) is 63.9 Å². The van der Waals surface area contributed by atoms with Crippen molar-refractivity contribution in [1.29, 1.82) is 0 Å². The van der Waals surface area contributed by atoms with Crippen LogP contribution in [0.2, 0.25) is 5.02 Å². The number of fused-ring (bicyclic) bond motifs is 1. The van der Waals surface area contributed by atoms with Gasteiger partial charge in [0.25, 0.3) is 5.56 Å². The van der Waals surface area contributed by atoms with E-state index in [4.69, 9.17) is 21.3 Å². The zero-order valence-corrected chi connectivity index (χ0v) is 21.3. The van der Waals surface area contributed by atoms with Gasteiger partial charge in [-0.3, -0.25) is 14.3 Å². The first kappa shape index (κ1) is 24.3. The molecule has 1 aliphatic heterocycles. The molecule has 0 saturated carbocycles. The fourth-order valence-electron chi connectivity index (χ4n) is 4.26. The van der Waals surface area contributed by atoms with E-state index in [0.29, 0.717) is 47.4 Å². The Morgan fingerprint density at radius 1 is 1.17 bits per heavy atom. The molecule has 36 heavy (non-hydrogen) atoms. The van der Waals surface area contributed by atoms with Crippen molar-refractivity contribution in [2.45, 2.75) is 25.9 Å². The highest BCUT2D eigenvalue weighted by Gasteiger charge is 2.19. The number of nitrogens with one attached hydrogen (secondary N) is 1. The predicted molar refractivity (Wildman–Crippen MR) is 141 cm³/mol. The maximum Gasteiger partial charge on any atom is 0.260 e. The van der Waals surface area contributed by atoms with E-state index in [1.165, 1.54) is 0 Å². The number of likely N-dealkylation sites (N-methyl/N-ethyl adjacent to an activating group) is 1. The van der Waals surface area contributed by atoms with E-state index < -0.39 is 0 Å². The highest BCUT2D eigenvalue weighted by molar-refractivity contribution is 6.33. The monoisotopic (exact) mass is 505 g/mol. The van der Waals surface area contributed by atoms with Crippen LogP contribution >= 0.6 is 11.6 Å². The highest BCUT2D eigenvalue weighted by Crippen LogP contribution is 2.31. The van der Waals surface area contributed by atoms with E-state index in [1.54, 1.807) is 23.2 Å². The predicted octanol–water partition coefficient (Wildman–Crippen LogP) is 3.64. The summed E-state index contributed by atoms with van der Waals surface area (Å²) in [5, 5.41) is 4.55. The van der Waals surface area contributed by atoms with Crippen LogP contribution in [0.4, 0.5) is 5.95 Å². The molecule has 10 heteroatoms. The summed E-state index contributed by atoms with van der Waals surface area (Å²) in [6.45, 7) is 4.39. The molecule has 4 heterocycles. The van der Waals surface area contributed by atoms with Crippen molar-refractivity contribution in [2.75, 3.05) is 39.2 Å². The van der Waals surface area contributed by atoms with Crippen LogP contribution in [-0.2, 0) is 11.3 Å². The largest absolute Gasteiger partial charge is 0.379 e. The van der Waals surface area contributed by atoms with Gasteiger partial charge in [0.1, 0.15) is 5.65 Å². The van der Waals surface area contributed by atoms with Crippen molar-refractivity contribution in [3.63, 3.8) is 0 Å². The van der Waals surface area contributed by atoms with E-state index >= 15 is 0 Å². The SMILES string of the molecule is Cc1cncc(-c2ccc(-c3cc4cnc(N[C@H]5CCOC5)nc4n(CCN(C)C)c3=O)c(Cl)c2)n1. The molecule has 1 atom stereocenters. The van der Waals surface area contributed by atoms with Gasteiger partial charge in [-0.2, -0.15) is 4.98 Å². The maximum atomic E-state index is 13.8. The summed E-state index contributed by atoms with van der Waals surface area (Å²) in [7, 11) is 3.95. The minimum absolute atomic E-state index is 0.150. The number of pyridine rings is 1. The van der Waals surface area contributed by atoms with Crippen LogP contribution in [0.5, 0.6) is 0 Å². The third kappa shape index (κ3) is 5.09. The molecule has 9 nitrogen and oxygen atoms in total. The smallest absolute Gasteiger partial charge is 0.260 e. The van der Waals surface area contributed by atoms with Gasteiger partial charge < -0.3 is 15.0 Å². The zero-order chi connectivity index (χ0) is 25.2. The number of ether oxygens (including phenoxy) is 1. The first-order valence-electron chi connectivity index (χ1n) is 11.9. The first-order valence-corrected chi connectivity index (χ1v) is 12.3. The number of anilines is 1. The van der Waals surface area contributed by atoms with Gasteiger partial charge in [-0.1, -0.05) is 23.7 Å². The molecule has 1 fully saturated rings. The Bertz CT molecular complexity index is 1460. The number of rotatable bonds is 7. The minimum atomic E-state index is -0.150. The van der Waals surface area contributed by atoms with Gasteiger partial charge in [0, 0.05) is 59.2 Å². The van der Waals surface area contributed by atoms with E-state index in [1.807, 2.05) is 50.2 Å². The molecule has 0 spiro atoms. The normalized spacial score (nSPS) is 15.6. The summed E-state index contributed by atoms with van der Waals surface area (Å²) in [5.41, 5.74) is 3.97. The number of aryl methyl sites for hydroxylation is 1. The van der Waals surface area contributed by atoms with Gasteiger partial charge in [0.05, 0.1) is 30.2 Å². The molecule has 5 rings (SSSR count). The standard InChI is InChI=1S/C26H28ClN7O2/c1-16-12-28-14-23(30-16)17-4-5-20(22(27)11-17)21-10-18-13-29-26(31-19-6-9-36-15-19)32-24(18)34(25(21)35)8-7-33(2)3/h4-5,10-14,19H,6-9,15H2,1-3H3,(H,29,31,32)/t19-/m0/s1. The Balaban J connectivity index is 1.58. The Morgan fingerprint density at radius 3 is 2.75 bits per heavy atom. The molecule has 1 saturated heterocycles. The Hall–Kier alpha value is -3.40. The number of hydrogen-bond acceptors (Lipinski definition) is 8. The van der Waals surface area contributed by atoms with Crippen LogP contribution in [0.1, 0.15) is 12.1 Å². The molecular weight excluding hydrogens is 478 g/mol. The van der Waals surface area contributed by atoms with Gasteiger partial charge in [-0.05, 0) is 39.6 Å². The van der Waals surface area contributed by atoms with Crippen molar-refractivity contribution < 1.29 is 4.74 Å². The number of halogens is 1. The molecule has 0 unspecified atom stereocenters. The van der Waals surface area contributed by atoms with Crippen LogP contribution in [0.3, 0.4) is 0 Å². The molecule has 3 aromatic heterocycles. The lowest BCUT2D eigenvalue weighted by Crippen LogP contribution is -2.29. The van der Waals surface area contributed by atoms with E-state index in [0.717, 1.165) is 35.4 Å². The second-order valence-corrected chi connectivity index (χ2v) is 9.64. The minimum Gasteiger partial charge on any atom is -0.379 e. The molecule has 4 aromatic rings. The molecule has 1 aliphatic rings. The highest BCUT2D eigenvalue weighted by atomic mass is 35.5. The van der Waals surface area contributed by atoms with Gasteiger partial charge in [0.2, 0.25) is 5.95 Å². The topological polar surface area (TPSA) is 98.1 Å². The summed E-state index contributed by atoms with van der Waals surface area (Å²) >= 11 is 6.72. The van der Waals surface area contributed by atoms with Crippen LogP contribution in [0, 0.1) is 6.92 Å². The second kappa shape index (κ2) is 10.3. The Kier molecular flexibility index (Phi) is 6.95. The Morgan fingerprint density at radius 2 is 2.03 bits per heavy atom. The summed E-state index contributed by atoms with van der Waals surface area (Å²) in [6.07, 6.45) is 6.05. The van der Waals surface area contributed by atoms with Crippen LogP contribution in [0.15, 0.2) is 47.7 Å². The Labute approximate surface area is 214 Å². The fourth-order valence-corrected chi connectivity index (χ4v) is 4.54. The summed E-state index contributed by atoms with van der Waals surface area (Å²) in [5.74, 6) is 0.491. The molecular formula is C26H28ClN7O2. The van der Waals surface area contributed by atoms with Crippen molar-refractivity contribution in [1.82, 2.24) is 29.4 Å². The number of nitrogens with zero attached hydrogens (tertiary/aromatic N) is 6. The molecule has 1 N–H and O–H groups in total. The summed E-state index contributed by atoms with van der Waals surface area (Å²) in [6, 6.07) is 7.57. The van der Waals surface area contributed by atoms with Crippen LogP contribution in [0.25, 0.3) is 33.4 Å². The third-order valence-electron chi connectivity index (χ3n) is 6.17.